The van der Waals surface area contributed by atoms with Crippen LogP contribution in [0.4, 0.5) is 5.69 Å². The molecule has 1 aliphatic heterocycles. The van der Waals surface area contributed by atoms with E-state index in [2.05, 4.69) is 5.32 Å². The third-order valence-electron chi connectivity index (χ3n) is 6.11. The van der Waals surface area contributed by atoms with Gasteiger partial charge in [0.2, 0.25) is 28.6 Å². The van der Waals surface area contributed by atoms with Crippen molar-refractivity contribution in [1.82, 2.24) is 10.2 Å². The van der Waals surface area contributed by atoms with E-state index in [4.69, 9.17) is 21.1 Å². The molecule has 1 heterocycles. The molecule has 0 aromatic heterocycles. The van der Waals surface area contributed by atoms with Crippen molar-refractivity contribution in [3.63, 3.8) is 0 Å². The molecule has 0 unspecified atom stereocenters. The molecule has 2 aromatic rings. The first-order chi connectivity index (χ1) is 17.7. The molecule has 0 saturated heterocycles. The van der Waals surface area contributed by atoms with E-state index in [1.807, 2.05) is 13.8 Å². The van der Waals surface area contributed by atoms with Crippen LogP contribution >= 0.6 is 11.6 Å². The summed E-state index contributed by atoms with van der Waals surface area (Å²) in [5.41, 5.74) is 1.05. The Morgan fingerprint density at radius 3 is 2.41 bits per heavy atom. The van der Waals surface area contributed by atoms with E-state index in [9.17, 15) is 18.0 Å². The maximum Gasteiger partial charge on any atom is 0.244 e. The summed E-state index contributed by atoms with van der Waals surface area (Å²) in [6.45, 7) is 5.56. The zero-order valence-electron chi connectivity index (χ0n) is 21.4. The van der Waals surface area contributed by atoms with Crippen molar-refractivity contribution < 1.29 is 27.5 Å². The number of amides is 2. The largest absolute Gasteiger partial charge is 0.454 e. The number of nitrogens with zero attached hydrogens (tertiary/aromatic N) is 2. The molecule has 2 aromatic carbocycles. The lowest BCUT2D eigenvalue weighted by atomic mass is 10.1. The fourth-order valence-corrected chi connectivity index (χ4v) is 5.15. The first-order valence-electron chi connectivity index (χ1n) is 12.4. The Kier molecular flexibility index (Phi) is 10.0. The van der Waals surface area contributed by atoms with Crippen LogP contribution in [-0.2, 0) is 26.2 Å². The summed E-state index contributed by atoms with van der Waals surface area (Å²) >= 11 is 6.03. The maximum atomic E-state index is 13.8. The van der Waals surface area contributed by atoms with Crippen molar-refractivity contribution in [2.24, 2.45) is 0 Å². The number of anilines is 1. The van der Waals surface area contributed by atoms with Crippen LogP contribution in [0.5, 0.6) is 11.5 Å². The number of rotatable bonds is 13. The van der Waals surface area contributed by atoms with Crippen molar-refractivity contribution in [3.05, 3.63) is 53.1 Å². The van der Waals surface area contributed by atoms with Gasteiger partial charge in [-0.1, -0.05) is 44.0 Å². The minimum atomic E-state index is -3.84. The predicted octanol–water partition coefficient (Wildman–Crippen LogP) is 3.95. The fourth-order valence-electron chi connectivity index (χ4n) is 3.97. The standard InChI is InChI=1S/C26H34ClN3O6S/c1-4-7-14-28-26(32)22(5-2)29(16-19-8-10-20(27)11-9-19)25(31)17-30(37(33,34)6-3)21-12-13-23-24(15-21)36-18-35-23/h8-13,15,22H,4-7,14,16-18H2,1-3H3,(H,28,32)/t22-/m1/s1. The maximum absolute atomic E-state index is 13.8. The molecule has 0 radical (unpaired) electrons. The number of benzene rings is 2. The van der Waals surface area contributed by atoms with Gasteiger partial charge in [-0.3, -0.25) is 13.9 Å². The van der Waals surface area contributed by atoms with Gasteiger partial charge in [0.1, 0.15) is 12.6 Å². The SMILES string of the molecule is CCCCNC(=O)[C@@H](CC)N(Cc1ccc(Cl)cc1)C(=O)CN(c1ccc2c(c1)OCO2)S(=O)(=O)CC. The molecule has 0 aliphatic carbocycles. The third-order valence-corrected chi connectivity index (χ3v) is 8.10. The van der Waals surface area contributed by atoms with Gasteiger partial charge in [-0.2, -0.15) is 0 Å². The number of sulfonamides is 1. The second-order valence-electron chi connectivity index (χ2n) is 8.66. The number of fused-ring (bicyclic) bond motifs is 1. The monoisotopic (exact) mass is 551 g/mol. The number of nitrogens with one attached hydrogen (secondary N) is 1. The molecule has 3 rings (SSSR count). The Morgan fingerprint density at radius 2 is 1.76 bits per heavy atom. The van der Waals surface area contributed by atoms with Crippen LogP contribution in [0.1, 0.15) is 45.6 Å². The number of ether oxygens (including phenoxy) is 2. The van der Waals surface area contributed by atoms with Crippen LogP contribution in [0.3, 0.4) is 0 Å². The molecule has 1 N–H and O–H groups in total. The molecule has 11 heteroatoms. The topological polar surface area (TPSA) is 105 Å². The first-order valence-corrected chi connectivity index (χ1v) is 14.4. The lowest BCUT2D eigenvalue weighted by Gasteiger charge is -2.33. The van der Waals surface area contributed by atoms with Crippen molar-refractivity contribution >= 4 is 39.1 Å². The summed E-state index contributed by atoms with van der Waals surface area (Å²) < 4.78 is 38.0. The molecule has 37 heavy (non-hydrogen) atoms. The lowest BCUT2D eigenvalue weighted by molar-refractivity contribution is -0.140. The van der Waals surface area contributed by atoms with Gasteiger partial charge in [-0.15, -0.1) is 0 Å². The number of carbonyl (C=O) groups excluding carboxylic acids is 2. The number of carbonyl (C=O) groups is 2. The van der Waals surface area contributed by atoms with Crippen LogP contribution < -0.4 is 19.1 Å². The van der Waals surface area contributed by atoms with E-state index < -0.39 is 28.5 Å². The van der Waals surface area contributed by atoms with Crippen molar-refractivity contribution in [1.29, 1.82) is 0 Å². The first kappa shape index (κ1) is 28.6. The highest BCUT2D eigenvalue weighted by Gasteiger charge is 2.33. The molecule has 1 atom stereocenters. The lowest BCUT2D eigenvalue weighted by Crippen LogP contribution is -2.52. The van der Waals surface area contributed by atoms with E-state index in [1.54, 1.807) is 42.5 Å². The summed E-state index contributed by atoms with van der Waals surface area (Å²) in [5.74, 6) is -0.0712. The van der Waals surface area contributed by atoms with Gasteiger partial charge in [0, 0.05) is 24.2 Å². The van der Waals surface area contributed by atoms with E-state index in [-0.39, 0.29) is 30.7 Å². The molecule has 202 valence electrons. The zero-order chi connectivity index (χ0) is 27.0. The normalized spacial score (nSPS) is 13.2. The van der Waals surface area contributed by atoms with Gasteiger partial charge < -0.3 is 19.7 Å². The van der Waals surface area contributed by atoms with Gasteiger partial charge in [0.15, 0.2) is 11.5 Å². The second-order valence-corrected chi connectivity index (χ2v) is 11.3. The summed E-state index contributed by atoms with van der Waals surface area (Å²) in [5, 5.41) is 3.45. The van der Waals surface area contributed by atoms with Gasteiger partial charge in [0.25, 0.3) is 0 Å². The molecule has 9 nitrogen and oxygen atoms in total. The molecule has 2 amide bonds. The van der Waals surface area contributed by atoms with Crippen LogP contribution in [0, 0.1) is 0 Å². The molecule has 1 aliphatic rings. The molecule has 0 bridgehead atoms. The van der Waals surface area contributed by atoms with E-state index >= 15 is 0 Å². The minimum Gasteiger partial charge on any atom is -0.454 e. The second kappa shape index (κ2) is 13.0. The Labute approximate surface area is 223 Å². The van der Waals surface area contributed by atoms with Crippen molar-refractivity contribution in [2.45, 2.75) is 52.6 Å². The smallest absolute Gasteiger partial charge is 0.244 e. The van der Waals surface area contributed by atoms with Crippen LogP contribution in [0.15, 0.2) is 42.5 Å². The third kappa shape index (κ3) is 7.29. The molecular formula is C26H34ClN3O6S. The van der Waals surface area contributed by atoms with Crippen LogP contribution in [0.25, 0.3) is 0 Å². The number of halogens is 1. The fraction of sp³-hybridized carbons (Fsp3) is 0.462. The van der Waals surface area contributed by atoms with Crippen molar-refractivity contribution in [3.8, 4) is 11.5 Å². The molecular weight excluding hydrogens is 518 g/mol. The molecule has 0 saturated carbocycles. The summed E-state index contributed by atoms with van der Waals surface area (Å²) in [4.78, 5) is 28.3. The summed E-state index contributed by atoms with van der Waals surface area (Å²) in [7, 11) is -3.84. The number of unbranched alkanes of at least 4 members (excludes halogenated alkanes) is 1. The van der Waals surface area contributed by atoms with Gasteiger partial charge in [0.05, 0.1) is 11.4 Å². The quantitative estimate of drug-likeness (QED) is 0.378. The molecule has 0 spiro atoms. The van der Waals surface area contributed by atoms with Crippen molar-refractivity contribution in [2.75, 3.05) is 29.9 Å². The van der Waals surface area contributed by atoms with Gasteiger partial charge in [-0.05, 0) is 49.6 Å². The zero-order valence-corrected chi connectivity index (χ0v) is 23.0. The summed E-state index contributed by atoms with van der Waals surface area (Å²) in [6.07, 6.45) is 2.10. The average Bonchev–Trinajstić information content (AvgIpc) is 3.36. The summed E-state index contributed by atoms with van der Waals surface area (Å²) in [6, 6.07) is 10.9. The van der Waals surface area contributed by atoms with Gasteiger partial charge >= 0.3 is 0 Å². The van der Waals surface area contributed by atoms with E-state index in [1.165, 1.54) is 11.8 Å². The molecule has 0 fully saturated rings. The Hall–Kier alpha value is -2.98. The van der Waals surface area contributed by atoms with E-state index in [0.717, 1.165) is 22.7 Å². The average molecular weight is 552 g/mol. The minimum absolute atomic E-state index is 0.0401. The van der Waals surface area contributed by atoms with Gasteiger partial charge in [-0.25, -0.2) is 8.42 Å². The highest BCUT2D eigenvalue weighted by Crippen LogP contribution is 2.36. The predicted molar refractivity (Wildman–Crippen MR) is 143 cm³/mol. The Morgan fingerprint density at radius 1 is 1.05 bits per heavy atom. The highest BCUT2D eigenvalue weighted by molar-refractivity contribution is 7.92. The highest BCUT2D eigenvalue weighted by atomic mass is 35.5. The van der Waals surface area contributed by atoms with E-state index in [0.29, 0.717) is 29.5 Å². The van der Waals surface area contributed by atoms with Crippen LogP contribution in [0.2, 0.25) is 5.02 Å². The number of hydrogen-bond donors (Lipinski definition) is 1. The Balaban J connectivity index is 1.94. The Bertz CT molecular complexity index is 1190. The number of hydrogen-bond acceptors (Lipinski definition) is 6. The van der Waals surface area contributed by atoms with Crippen LogP contribution in [-0.4, -0.2) is 56.8 Å².